The van der Waals surface area contributed by atoms with Gasteiger partial charge in [0.2, 0.25) is 5.91 Å². The molecule has 0 saturated carbocycles. The average Bonchev–Trinajstić information content (AvgIpc) is 3.44. The lowest BCUT2D eigenvalue weighted by Gasteiger charge is -2.34. The average molecular weight is 409 g/mol. The van der Waals surface area contributed by atoms with Crippen LogP contribution in [-0.4, -0.2) is 62.4 Å². The molecule has 0 bridgehead atoms. The maximum absolute atomic E-state index is 13.2. The standard InChI is InChI=1S/C22H28N6O2/c1-3-26(4-2)21(29)16-10-7-11-27(13-16)22(30)17-12-18(23)20-24-19(25-28(20)14-17)15-8-5-6-9-15/h5-6,8,12,14,16H,3-4,7,9-11,13,23H2,1-2H3. The third-order valence-electron chi connectivity index (χ3n) is 5.90. The van der Waals surface area contributed by atoms with E-state index in [9.17, 15) is 9.59 Å². The van der Waals surface area contributed by atoms with E-state index >= 15 is 0 Å². The highest BCUT2D eigenvalue weighted by Crippen LogP contribution is 2.25. The summed E-state index contributed by atoms with van der Waals surface area (Å²) in [5.74, 6) is 0.480. The summed E-state index contributed by atoms with van der Waals surface area (Å²) in [4.78, 5) is 34.1. The monoisotopic (exact) mass is 408 g/mol. The molecule has 30 heavy (non-hydrogen) atoms. The molecule has 1 aliphatic heterocycles. The van der Waals surface area contributed by atoms with Gasteiger partial charge in [0.05, 0.1) is 17.2 Å². The molecule has 2 aromatic rings. The van der Waals surface area contributed by atoms with Crippen LogP contribution in [0.1, 0.15) is 49.3 Å². The van der Waals surface area contributed by atoms with Gasteiger partial charge in [-0.05, 0) is 39.2 Å². The van der Waals surface area contributed by atoms with Crippen molar-refractivity contribution in [3.63, 3.8) is 0 Å². The molecule has 8 heteroatoms. The van der Waals surface area contributed by atoms with E-state index in [0.717, 1.165) is 24.8 Å². The van der Waals surface area contributed by atoms with Crippen LogP contribution in [0.2, 0.25) is 0 Å². The summed E-state index contributed by atoms with van der Waals surface area (Å²) in [6, 6.07) is 1.66. The van der Waals surface area contributed by atoms with Crippen LogP contribution in [0, 0.1) is 5.92 Å². The SMILES string of the molecule is CCN(CC)C(=O)C1CCCN(C(=O)c2cc(N)c3nc(C4=CC=CC4)nn3c2)C1. The van der Waals surface area contributed by atoms with Crippen LogP contribution in [0.25, 0.3) is 11.2 Å². The number of likely N-dealkylation sites (tertiary alicyclic amines) is 1. The van der Waals surface area contributed by atoms with E-state index in [4.69, 9.17) is 5.73 Å². The smallest absolute Gasteiger partial charge is 0.255 e. The van der Waals surface area contributed by atoms with E-state index in [0.29, 0.717) is 48.9 Å². The minimum absolute atomic E-state index is 0.126. The number of nitrogens with two attached hydrogens (primary N) is 1. The molecule has 1 saturated heterocycles. The Morgan fingerprint density at radius 1 is 1.30 bits per heavy atom. The Labute approximate surface area is 176 Å². The van der Waals surface area contributed by atoms with Crippen LogP contribution in [0.5, 0.6) is 0 Å². The van der Waals surface area contributed by atoms with Gasteiger partial charge in [-0.15, -0.1) is 5.10 Å². The zero-order valence-corrected chi connectivity index (χ0v) is 17.5. The number of hydrogen-bond donors (Lipinski definition) is 1. The fraction of sp³-hybridized carbons (Fsp3) is 0.455. The summed E-state index contributed by atoms with van der Waals surface area (Å²) in [6.45, 7) is 6.42. The molecule has 158 valence electrons. The van der Waals surface area contributed by atoms with E-state index < -0.39 is 0 Å². The van der Waals surface area contributed by atoms with Gasteiger partial charge in [-0.2, -0.15) is 0 Å². The summed E-state index contributed by atoms with van der Waals surface area (Å²) < 4.78 is 1.58. The fourth-order valence-corrected chi connectivity index (χ4v) is 4.22. The minimum Gasteiger partial charge on any atom is -0.396 e. The van der Waals surface area contributed by atoms with Gasteiger partial charge < -0.3 is 15.5 Å². The third kappa shape index (κ3) is 3.69. The maximum atomic E-state index is 13.2. The summed E-state index contributed by atoms with van der Waals surface area (Å²) >= 11 is 0. The van der Waals surface area contributed by atoms with Crippen LogP contribution in [0.4, 0.5) is 5.69 Å². The summed E-state index contributed by atoms with van der Waals surface area (Å²) in [5, 5.41) is 4.52. The highest BCUT2D eigenvalue weighted by molar-refractivity contribution is 5.96. The second kappa shape index (κ2) is 8.30. The molecule has 0 spiro atoms. The van der Waals surface area contributed by atoms with Gasteiger partial charge in [-0.3, -0.25) is 9.59 Å². The van der Waals surface area contributed by atoms with Gasteiger partial charge in [0.25, 0.3) is 5.91 Å². The van der Waals surface area contributed by atoms with Gasteiger partial charge in [0, 0.05) is 37.9 Å². The maximum Gasteiger partial charge on any atom is 0.255 e. The van der Waals surface area contributed by atoms with Crippen LogP contribution < -0.4 is 5.73 Å². The Balaban J connectivity index is 1.55. The number of allylic oxidation sites excluding steroid dienone is 4. The third-order valence-corrected chi connectivity index (χ3v) is 5.90. The van der Waals surface area contributed by atoms with E-state index in [-0.39, 0.29) is 17.7 Å². The molecule has 3 heterocycles. The molecule has 2 N–H and O–H groups in total. The molecule has 0 radical (unpaired) electrons. The number of aromatic nitrogens is 3. The molecule has 1 fully saturated rings. The molecular formula is C22H28N6O2. The topological polar surface area (TPSA) is 96.8 Å². The number of carbonyl (C=O) groups is 2. The Bertz CT molecular complexity index is 1030. The van der Waals surface area contributed by atoms with Crippen molar-refractivity contribution in [1.29, 1.82) is 0 Å². The molecule has 0 aromatic carbocycles. The Morgan fingerprint density at radius 3 is 2.80 bits per heavy atom. The van der Waals surface area contributed by atoms with Crippen molar-refractivity contribution < 1.29 is 9.59 Å². The molecule has 2 aromatic heterocycles. The highest BCUT2D eigenvalue weighted by atomic mass is 16.2. The predicted molar refractivity (Wildman–Crippen MR) is 116 cm³/mol. The first kappa shape index (κ1) is 20.1. The number of hydrogen-bond acceptors (Lipinski definition) is 5. The number of nitrogens with zero attached hydrogens (tertiary/aromatic N) is 5. The molecule has 1 aliphatic carbocycles. The normalized spacial score (nSPS) is 18.7. The summed E-state index contributed by atoms with van der Waals surface area (Å²) in [5.41, 5.74) is 8.65. The summed E-state index contributed by atoms with van der Waals surface area (Å²) in [7, 11) is 0. The van der Waals surface area contributed by atoms with Crippen LogP contribution >= 0.6 is 0 Å². The van der Waals surface area contributed by atoms with Crippen molar-refractivity contribution in [2.45, 2.75) is 33.1 Å². The number of carbonyl (C=O) groups excluding carboxylic acids is 2. The highest BCUT2D eigenvalue weighted by Gasteiger charge is 2.31. The van der Waals surface area contributed by atoms with Gasteiger partial charge in [-0.25, -0.2) is 9.50 Å². The van der Waals surface area contributed by atoms with Crippen molar-refractivity contribution in [3.05, 3.63) is 41.9 Å². The second-order valence-electron chi connectivity index (χ2n) is 7.81. The number of amides is 2. The fourth-order valence-electron chi connectivity index (χ4n) is 4.22. The number of pyridine rings is 1. The predicted octanol–water partition coefficient (Wildman–Crippen LogP) is 2.38. The molecular weight excluding hydrogens is 380 g/mol. The first-order chi connectivity index (χ1) is 14.5. The molecule has 1 atom stereocenters. The van der Waals surface area contributed by atoms with Crippen LogP contribution in [0.3, 0.4) is 0 Å². The first-order valence-electron chi connectivity index (χ1n) is 10.6. The first-order valence-corrected chi connectivity index (χ1v) is 10.6. The van der Waals surface area contributed by atoms with E-state index in [1.807, 2.05) is 37.0 Å². The van der Waals surface area contributed by atoms with E-state index in [2.05, 4.69) is 10.1 Å². The molecule has 4 rings (SSSR count). The van der Waals surface area contributed by atoms with E-state index in [1.165, 1.54) is 0 Å². The van der Waals surface area contributed by atoms with Crippen LogP contribution in [-0.2, 0) is 4.79 Å². The lowest BCUT2D eigenvalue weighted by atomic mass is 9.96. The Morgan fingerprint density at radius 2 is 2.10 bits per heavy atom. The number of piperidine rings is 1. The zero-order valence-electron chi connectivity index (χ0n) is 17.5. The summed E-state index contributed by atoms with van der Waals surface area (Å²) in [6.07, 6.45) is 10.1. The lowest BCUT2D eigenvalue weighted by molar-refractivity contribution is -0.136. The minimum atomic E-state index is -0.150. The van der Waals surface area contributed by atoms with Crippen LogP contribution in [0.15, 0.2) is 30.5 Å². The van der Waals surface area contributed by atoms with Crippen molar-refractivity contribution in [3.8, 4) is 0 Å². The Hall–Kier alpha value is -3.16. The van der Waals surface area contributed by atoms with Crippen molar-refractivity contribution in [1.82, 2.24) is 24.4 Å². The molecule has 1 unspecified atom stereocenters. The number of anilines is 1. The van der Waals surface area contributed by atoms with E-state index in [1.54, 1.807) is 21.7 Å². The largest absolute Gasteiger partial charge is 0.396 e. The van der Waals surface area contributed by atoms with Crippen molar-refractivity contribution in [2.75, 3.05) is 31.9 Å². The quantitative estimate of drug-likeness (QED) is 0.819. The molecule has 8 nitrogen and oxygen atoms in total. The van der Waals surface area contributed by atoms with Gasteiger partial charge in [-0.1, -0.05) is 18.2 Å². The zero-order chi connectivity index (χ0) is 21.3. The number of nitrogen functional groups attached to an aromatic ring is 1. The second-order valence-corrected chi connectivity index (χ2v) is 7.81. The number of rotatable bonds is 5. The molecule has 2 amide bonds. The van der Waals surface area contributed by atoms with Gasteiger partial charge in [0.15, 0.2) is 11.5 Å². The van der Waals surface area contributed by atoms with Gasteiger partial charge >= 0.3 is 0 Å². The van der Waals surface area contributed by atoms with Crippen molar-refractivity contribution >= 4 is 28.7 Å². The van der Waals surface area contributed by atoms with Gasteiger partial charge in [0.1, 0.15) is 0 Å². The van der Waals surface area contributed by atoms with Crippen molar-refractivity contribution in [2.24, 2.45) is 5.92 Å². The lowest BCUT2D eigenvalue weighted by Crippen LogP contribution is -2.46. The Kier molecular flexibility index (Phi) is 5.57. The number of fused-ring (bicyclic) bond motifs is 1. The molecule has 2 aliphatic rings.